The number of carboxylic acids is 2. The summed E-state index contributed by atoms with van der Waals surface area (Å²) in [5.74, 6) is -4.15. The van der Waals surface area contributed by atoms with Gasteiger partial charge in [0, 0.05) is 24.2 Å². The second-order valence-corrected chi connectivity index (χ2v) is 4.82. The summed E-state index contributed by atoms with van der Waals surface area (Å²) in [5.41, 5.74) is 0. The lowest BCUT2D eigenvalue weighted by Gasteiger charge is -2.32. The first kappa shape index (κ1) is 17.4. The van der Waals surface area contributed by atoms with Crippen LogP contribution in [0.3, 0.4) is 0 Å². The van der Waals surface area contributed by atoms with Crippen LogP contribution in [-0.4, -0.2) is 35.8 Å². The second-order valence-electron chi connectivity index (χ2n) is 4.82. The highest BCUT2D eigenvalue weighted by Gasteiger charge is 2.26. The highest BCUT2D eigenvalue weighted by atomic mass is 16.4. The summed E-state index contributed by atoms with van der Waals surface area (Å²) in [6, 6.07) is -0.707. The normalized spacial score (nSPS) is 21.6. The van der Waals surface area contributed by atoms with E-state index in [1.165, 1.54) is 0 Å². The van der Waals surface area contributed by atoms with Gasteiger partial charge in [0.25, 0.3) is 0 Å². The standard InChI is InChI=1S/C14H18N2O6/c17-11(5-7-13(19)20)15-9-3-1-2-4-10(9)16-12(18)6-8-14(21)22/h5-10H,1-4H2,(H,15,17)(H,16,18)(H,19,20)(H,21,22)/p-2/b7-5+,8-6+/t9-,10-/m0/s1. The zero-order chi connectivity index (χ0) is 16.5. The Kier molecular flexibility index (Phi) is 6.81. The molecule has 1 saturated carbocycles. The molecule has 1 rings (SSSR count). The Balaban J connectivity index is 2.59. The molecule has 2 amide bonds. The van der Waals surface area contributed by atoms with Crippen LogP contribution < -0.4 is 20.8 Å². The van der Waals surface area contributed by atoms with Crippen LogP contribution in [0.15, 0.2) is 24.3 Å². The summed E-state index contributed by atoms with van der Waals surface area (Å²) in [7, 11) is 0. The third-order valence-corrected chi connectivity index (χ3v) is 3.16. The summed E-state index contributed by atoms with van der Waals surface area (Å²) in [4.78, 5) is 43.6. The van der Waals surface area contributed by atoms with Crippen molar-refractivity contribution in [2.24, 2.45) is 0 Å². The Morgan fingerprint density at radius 3 is 1.41 bits per heavy atom. The number of carboxylic acid groups (broad SMARTS) is 2. The number of hydrogen-bond acceptors (Lipinski definition) is 6. The molecule has 2 atom stereocenters. The minimum absolute atomic E-state index is 0.354. The molecule has 0 unspecified atom stereocenters. The van der Waals surface area contributed by atoms with Crippen molar-refractivity contribution in [1.29, 1.82) is 0 Å². The van der Waals surface area contributed by atoms with Gasteiger partial charge in [0.1, 0.15) is 0 Å². The number of aliphatic carboxylic acids is 2. The lowest BCUT2D eigenvalue weighted by molar-refractivity contribution is -0.298. The van der Waals surface area contributed by atoms with Crippen molar-refractivity contribution < 1.29 is 29.4 Å². The van der Waals surface area contributed by atoms with Crippen LogP contribution in [0, 0.1) is 0 Å². The lowest BCUT2D eigenvalue weighted by Crippen LogP contribution is -2.52. The smallest absolute Gasteiger partial charge is 0.244 e. The molecule has 1 aliphatic carbocycles. The maximum absolute atomic E-state index is 11.6. The SMILES string of the molecule is O=C([O-])/C=C/C(=O)N[C@H]1CCCC[C@@H]1NC(=O)/C=C/C(=O)[O-]. The van der Waals surface area contributed by atoms with Crippen molar-refractivity contribution in [3.05, 3.63) is 24.3 Å². The summed E-state index contributed by atoms with van der Waals surface area (Å²) < 4.78 is 0. The number of carbonyl (C=O) groups is 4. The highest BCUT2D eigenvalue weighted by Crippen LogP contribution is 2.18. The fraction of sp³-hybridized carbons (Fsp3) is 0.429. The van der Waals surface area contributed by atoms with Crippen LogP contribution in [0.25, 0.3) is 0 Å². The number of nitrogens with one attached hydrogen (secondary N) is 2. The van der Waals surface area contributed by atoms with Gasteiger partial charge in [0.15, 0.2) is 0 Å². The van der Waals surface area contributed by atoms with Gasteiger partial charge in [-0.05, 0) is 25.0 Å². The fourth-order valence-electron chi connectivity index (χ4n) is 2.23. The molecule has 8 heteroatoms. The molecule has 0 aromatic rings. The van der Waals surface area contributed by atoms with Crippen molar-refractivity contribution >= 4 is 23.8 Å². The van der Waals surface area contributed by atoms with E-state index in [-0.39, 0.29) is 12.1 Å². The first-order chi connectivity index (χ1) is 10.4. The molecule has 0 aromatic carbocycles. The molecule has 0 spiro atoms. The zero-order valence-electron chi connectivity index (χ0n) is 11.7. The van der Waals surface area contributed by atoms with E-state index < -0.39 is 23.8 Å². The van der Waals surface area contributed by atoms with Crippen molar-refractivity contribution in [2.45, 2.75) is 37.8 Å². The van der Waals surface area contributed by atoms with Crippen LogP contribution in [-0.2, 0) is 19.2 Å². The highest BCUT2D eigenvalue weighted by molar-refractivity contribution is 5.94. The van der Waals surface area contributed by atoms with Gasteiger partial charge in [-0.2, -0.15) is 0 Å². The van der Waals surface area contributed by atoms with Gasteiger partial charge >= 0.3 is 0 Å². The molecule has 120 valence electrons. The van der Waals surface area contributed by atoms with E-state index in [0.29, 0.717) is 25.0 Å². The van der Waals surface area contributed by atoms with Gasteiger partial charge < -0.3 is 30.4 Å². The number of carbonyl (C=O) groups excluding carboxylic acids is 4. The van der Waals surface area contributed by atoms with Crippen LogP contribution in [0.2, 0.25) is 0 Å². The molecule has 8 nitrogen and oxygen atoms in total. The molecule has 0 saturated heterocycles. The molecule has 0 heterocycles. The van der Waals surface area contributed by atoms with Gasteiger partial charge in [-0.25, -0.2) is 0 Å². The Morgan fingerprint density at radius 2 is 1.09 bits per heavy atom. The van der Waals surface area contributed by atoms with Crippen molar-refractivity contribution in [2.75, 3.05) is 0 Å². The molecule has 0 aromatic heterocycles. The van der Waals surface area contributed by atoms with E-state index in [9.17, 15) is 29.4 Å². The van der Waals surface area contributed by atoms with E-state index in [4.69, 9.17) is 0 Å². The molecule has 0 aliphatic heterocycles. The molecule has 1 fully saturated rings. The predicted molar refractivity (Wildman–Crippen MR) is 70.6 cm³/mol. The van der Waals surface area contributed by atoms with Crippen molar-refractivity contribution in [1.82, 2.24) is 10.6 Å². The second kappa shape index (κ2) is 8.60. The first-order valence-corrected chi connectivity index (χ1v) is 6.77. The number of rotatable bonds is 6. The number of hydrogen-bond donors (Lipinski definition) is 2. The van der Waals surface area contributed by atoms with Crippen LogP contribution in [0.5, 0.6) is 0 Å². The summed E-state index contributed by atoms with van der Waals surface area (Å²) in [6.45, 7) is 0. The Hall–Kier alpha value is -2.64. The average molecular weight is 308 g/mol. The average Bonchev–Trinajstić information content (AvgIpc) is 2.45. The molecular formula is C14H16N2O6-2. The van der Waals surface area contributed by atoms with E-state index in [1.54, 1.807) is 0 Å². The molecule has 2 N–H and O–H groups in total. The molecule has 1 aliphatic rings. The minimum Gasteiger partial charge on any atom is -0.545 e. The third kappa shape index (κ3) is 6.69. The van der Waals surface area contributed by atoms with Gasteiger partial charge in [0.05, 0.1) is 11.9 Å². The van der Waals surface area contributed by atoms with Crippen molar-refractivity contribution in [3.63, 3.8) is 0 Å². The van der Waals surface area contributed by atoms with Crippen LogP contribution in [0.4, 0.5) is 0 Å². The fourth-order valence-corrected chi connectivity index (χ4v) is 2.23. The monoisotopic (exact) mass is 308 g/mol. The van der Waals surface area contributed by atoms with E-state index in [1.807, 2.05) is 0 Å². The van der Waals surface area contributed by atoms with Crippen LogP contribution >= 0.6 is 0 Å². The Labute approximate surface area is 126 Å². The summed E-state index contributed by atoms with van der Waals surface area (Å²) >= 11 is 0. The van der Waals surface area contributed by atoms with Gasteiger partial charge in [-0.3, -0.25) is 9.59 Å². The van der Waals surface area contributed by atoms with E-state index >= 15 is 0 Å². The molecular weight excluding hydrogens is 292 g/mol. The van der Waals surface area contributed by atoms with E-state index in [2.05, 4.69) is 10.6 Å². The largest absolute Gasteiger partial charge is 0.545 e. The maximum atomic E-state index is 11.6. The topological polar surface area (TPSA) is 138 Å². The quantitative estimate of drug-likeness (QED) is 0.506. The minimum atomic E-state index is -1.48. The van der Waals surface area contributed by atoms with Crippen molar-refractivity contribution in [3.8, 4) is 0 Å². The van der Waals surface area contributed by atoms with Gasteiger partial charge in [-0.15, -0.1) is 0 Å². The number of amides is 2. The maximum Gasteiger partial charge on any atom is 0.244 e. The third-order valence-electron chi connectivity index (χ3n) is 3.16. The van der Waals surface area contributed by atoms with Gasteiger partial charge in [-0.1, -0.05) is 12.8 Å². The molecule has 22 heavy (non-hydrogen) atoms. The summed E-state index contributed by atoms with van der Waals surface area (Å²) in [5, 5.41) is 25.7. The van der Waals surface area contributed by atoms with Crippen LogP contribution in [0.1, 0.15) is 25.7 Å². The molecule has 0 bridgehead atoms. The zero-order valence-corrected chi connectivity index (χ0v) is 11.7. The van der Waals surface area contributed by atoms with E-state index in [0.717, 1.165) is 25.0 Å². The van der Waals surface area contributed by atoms with Gasteiger partial charge in [0.2, 0.25) is 11.8 Å². The Bertz CT molecular complexity index is 465. The predicted octanol–water partition coefficient (Wildman–Crippen LogP) is -2.86. The first-order valence-electron chi connectivity index (χ1n) is 6.77. The lowest BCUT2D eigenvalue weighted by atomic mass is 9.90. The molecule has 0 radical (unpaired) electrons. The summed E-state index contributed by atoms with van der Waals surface area (Å²) in [6.07, 6.45) is 5.90. The Morgan fingerprint density at radius 1 is 0.727 bits per heavy atom.